The fraction of sp³-hybridized carbons (Fsp3) is 0.0909. The summed E-state index contributed by atoms with van der Waals surface area (Å²) in [5.74, 6) is 0. The van der Waals surface area contributed by atoms with Gasteiger partial charge in [-0.3, -0.25) is 0 Å². The van der Waals surface area contributed by atoms with Gasteiger partial charge in [0.05, 0.1) is 0 Å². The molecule has 0 N–H and O–H groups in total. The van der Waals surface area contributed by atoms with Crippen molar-refractivity contribution in [1.82, 2.24) is 0 Å². The van der Waals surface area contributed by atoms with Crippen LogP contribution in [-0.2, 0) is 19.3 Å². The number of hydrogen-bond acceptors (Lipinski definition) is 0. The van der Waals surface area contributed by atoms with Crippen molar-refractivity contribution in [2.75, 3.05) is 0 Å². The van der Waals surface area contributed by atoms with Gasteiger partial charge in [0.2, 0.25) is 0 Å². The molecule has 0 saturated heterocycles. The van der Waals surface area contributed by atoms with Crippen molar-refractivity contribution in [3.05, 3.63) is 167 Å². The maximum atomic E-state index is 2.30. The van der Waals surface area contributed by atoms with E-state index in [1.165, 1.54) is 44.5 Å². The lowest BCUT2D eigenvalue weighted by Crippen LogP contribution is -2.02. The molecule has 0 aliphatic heterocycles. The Hall–Kier alpha value is -3.90. The maximum Gasteiger partial charge on any atom is -0.00168 e. The van der Waals surface area contributed by atoms with E-state index in [-0.39, 0.29) is 0 Å². The Labute approximate surface area is 197 Å². The van der Waals surface area contributed by atoms with Crippen LogP contribution in [0.2, 0.25) is 0 Å². The highest BCUT2D eigenvalue weighted by atomic mass is 14.2. The Balaban J connectivity index is 1.61. The molecule has 0 aliphatic carbocycles. The van der Waals surface area contributed by atoms with Gasteiger partial charge < -0.3 is 0 Å². The molecule has 33 heavy (non-hydrogen) atoms. The summed E-state index contributed by atoms with van der Waals surface area (Å²) < 4.78 is 0. The standard InChI is InChI=1S/C33H28/c1-4-13-26(14-5-1)23-29-19-10-11-21-31(29)32-22-12-20-30(24-27-15-6-2-7-16-27)33(32)25-28-17-8-3-9-18-28/h1-22H,23-25H2. The van der Waals surface area contributed by atoms with Gasteiger partial charge in [0.25, 0.3) is 0 Å². The summed E-state index contributed by atoms with van der Waals surface area (Å²) >= 11 is 0. The SMILES string of the molecule is c1ccc(Cc2ccccc2-c2cccc(Cc3ccccc3)c2Cc2ccccc2)cc1. The van der Waals surface area contributed by atoms with Crippen LogP contribution in [0.5, 0.6) is 0 Å². The van der Waals surface area contributed by atoms with Gasteiger partial charge in [-0.05, 0) is 63.8 Å². The Kier molecular flexibility index (Phi) is 6.45. The van der Waals surface area contributed by atoms with Crippen molar-refractivity contribution in [2.24, 2.45) is 0 Å². The Morgan fingerprint density at radius 1 is 0.303 bits per heavy atom. The largest absolute Gasteiger partial charge is 0.0622 e. The Bertz CT molecular complexity index is 1300. The van der Waals surface area contributed by atoms with Crippen LogP contribution in [-0.4, -0.2) is 0 Å². The molecule has 0 amide bonds. The van der Waals surface area contributed by atoms with Gasteiger partial charge in [-0.1, -0.05) is 133 Å². The zero-order valence-electron chi connectivity index (χ0n) is 18.8. The molecule has 0 atom stereocenters. The van der Waals surface area contributed by atoms with Crippen LogP contribution in [0, 0.1) is 0 Å². The van der Waals surface area contributed by atoms with E-state index >= 15 is 0 Å². The van der Waals surface area contributed by atoms with Crippen molar-refractivity contribution < 1.29 is 0 Å². The Morgan fingerprint density at radius 3 is 1.33 bits per heavy atom. The first-order valence-corrected chi connectivity index (χ1v) is 11.7. The van der Waals surface area contributed by atoms with Crippen LogP contribution in [0.1, 0.15) is 33.4 Å². The molecule has 0 spiro atoms. The van der Waals surface area contributed by atoms with Gasteiger partial charge in [0.1, 0.15) is 0 Å². The Morgan fingerprint density at radius 2 is 0.727 bits per heavy atom. The van der Waals surface area contributed by atoms with Gasteiger partial charge in [-0.15, -0.1) is 0 Å². The lowest BCUT2D eigenvalue weighted by atomic mass is 9.86. The predicted octanol–water partition coefficient (Wildman–Crippen LogP) is 8.13. The minimum absolute atomic E-state index is 0.929. The van der Waals surface area contributed by atoms with Gasteiger partial charge in [0, 0.05) is 0 Å². The average molecular weight is 425 g/mol. The number of benzene rings is 5. The zero-order valence-corrected chi connectivity index (χ0v) is 18.8. The van der Waals surface area contributed by atoms with E-state index < -0.39 is 0 Å². The molecule has 0 radical (unpaired) electrons. The minimum atomic E-state index is 0.929. The molecule has 160 valence electrons. The molecule has 0 bridgehead atoms. The fourth-order valence-corrected chi connectivity index (χ4v) is 4.63. The molecule has 0 saturated carbocycles. The lowest BCUT2D eigenvalue weighted by molar-refractivity contribution is 1.09. The first-order chi connectivity index (χ1) is 16.4. The quantitative estimate of drug-likeness (QED) is 0.247. The van der Waals surface area contributed by atoms with Gasteiger partial charge in [-0.25, -0.2) is 0 Å². The van der Waals surface area contributed by atoms with Crippen molar-refractivity contribution in [3.63, 3.8) is 0 Å². The second-order valence-corrected chi connectivity index (χ2v) is 8.59. The van der Waals surface area contributed by atoms with Crippen LogP contribution in [0.4, 0.5) is 0 Å². The summed E-state index contributed by atoms with van der Waals surface area (Å²) in [6.07, 6.45) is 2.81. The molecule has 0 unspecified atom stereocenters. The van der Waals surface area contributed by atoms with E-state index in [4.69, 9.17) is 0 Å². The lowest BCUT2D eigenvalue weighted by Gasteiger charge is -2.18. The summed E-state index contributed by atoms with van der Waals surface area (Å²) in [7, 11) is 0. The third-order valence-corrected chi connectivity index (χ3v) is 6.28. The maximum absolute atomic E-state index is 2.30. The van der Waals surface area contributed by atoms with Crippen molar-refractivity contribution in [3.8, 4) is 11.1 Å². The third-order valence-electron chi connectivity index (χ3n) is 6.28. The summed E-state index contributed by atoms with van der Waals surface area (Å²) in [6.45, 7) is 0. The monoisotopic (exact) mass is 424 g/mol. The van der Waals surface area contributed by atoms with E-state index in [0.717, 1.165) is 19.3 Å². The van der Waals surface area contributed by atoms with E-state index in [1.54, 1.807) is 0 Å². The first kappa shape index (κ1) is 21.0. The molecule has 0 nitrogen and oxygen atoms in total. The third kappa shape index (κ3) is 5.13. The smallest absolute Gasteiger partial charge is 0.00168 e. The van der Waals surface area contributed by atoms with Crippen LogP contribution in [0.3, 0.4) is 0 Å². The number of hydrogen-bond donors (Lipinski definition) is 0. The second kappa shape index (κ2) is 10.1. The van der Waals surface area contributed by atoms with E-state index in [1.807, 2.05) is 0 Å². The van der Waals surface area contributed by atoms with Gasteiger partial charge in [0.15, 0.2) is 0 Å². The van der Waals surface area contributed by atoms with E-state index in [0.29, 0.717) is 0 Å². The summed E-state index contributed by atoms with van der Waals surface area (Å²) in [6, 6.07) is 48.1. The van der Waals surface area contributed by atoms with Gasteiger partial charge >= 0.3 is 0 Å². The predicted molar refractivity (Wildman–Crippen MR) is 140 cm³/mol. The summed E-state index contributed by atoms with van der Waals surface area (Å²) in [4.78, 5) is 0. The normalized spacial score (nSPS) is 10.8. The highest BCUT2D eigenvalue weighted by Crippen LogP contribution is 2.33. The molecule has 0 heteroatoms. The first-order valence-electron chi connectivity index (χ1n) is 11.7. The molecule has 0 heterocycles. The summed E-state index contributed by atoms with van der Waals surface area (Å²) in [5, 5.41) is 0. The highest BCUT2D eigenvalue weighted by molar-refractivity contribution is 5.73. The average Bonchev–Trinajstić information content (AvgIpc) is 2.87. The highest BCUT2D eigenvalue weighted by Gasteiger charge is 2.14. The van der Waals surface area contributed by atoms with Gasteiger partial charge in [-0.2, -0.15) is 0 Å². The van der Waals surface area contributed by atoms with E-state index in [9.17, 15) is 0 Å². The van der Waals surface area contributed by atoms with Crippen molar-refractivity contribution in [2.45, 2.75) is 19.3 Å². The topological polar surface area (TPSA) is 0 Å². The second-order valence-electron chi connectivity index (χ2n) is 8.59. The van der Waals surface area contributed by atoms with Crippen molar-refractivity contribution in [1.29, 1.82) is 0 Å². The van der Waals surface area contributed by atoms with Crippen LogP contribution in [0.25, 0.3) is 11.1 Å². The summed E-state index contributed by atoms with van der Waals surface area (Å²) in [5.41, 5.74) is 10.9. The molecule has 5 rings (SSSR count). The van der Waals surface area contributed by atoms with E-state index in [2.05, 4.69) is 133 Å². The van der Waals surface area contributed by atoms with Crippen LogP contribution in [0.15, 0.2) is 133 Å². The molecule has 5 aromatic rings. The molecular formula is C33H28. The minimum Gasteiger partial charge on any atom is -0.0622 e. The molecule has 0 aliphatic rings. The molecule has 0 fully saturated rings. The number of rotatable bonds is 7. The van der Waals surface area contributed by atoms with Crippen LogP contribution < -0.4 is 0 Å². The van der Waals surface area contributed by atoms with Crippen LogP contribution >= 0.6 is 0 Å². The zero-order chi connectivity index (χ0) is 22.3. The molecule has 0 aromatic heterocycles. The molecular weight excluding hydrogens is 396 g/mol. The fourth-order valence-electron chi connectivity index (χ4n) is 4.63. The molecule has 5 aromatic carbocycles. The van der Waals surface area contributed by atoms with Crippen molar-refractivity contribution >= 4 is 0 Å².